The van der Waals surface area contributed by atoms with Crippen LogP contribution in [0, 0.1) is 20.8 Å². The molecule has 2 aromatic carbocycles. The smallest absolute Gasteiger partial charge is 0.238 e. The molecule has 4 rings (SSSR count). The molecule has 0 radical (unpaired) electrons. The summed E-state index contributed by atoms with van der Waals surface area (Å²) in [5, 5.41) is 3.06. The number of imidazole rings is 1. The van der Waals surface area contributed by atoms with Crippen LogP contribution in [0.5, 0.6) is 0 Å². The maximum Gasteiger partial charge on any atom is 0.238 e. The highest BCUT2D eigenvalue weighted by atomic mass is 16.2. The quantitative estimate of drug-likeness (QED) is 0.708. The summed E-state index contributed by atoms with van der Waals surface area (Å²) < 4.78 is 2.13. The zero-order valence-electron chi connectivity index (χ0n) is 17.9. The number of hydrogen-bond donors (Lipinski definition) is 1. The molecule has 1 aliphatic rings. The third-order valence-electron chi connectivity index (χ3n) is 5.62. The number of piperazine rings is 1. The van der Waals surface area contributed by atoms with Crippen LogP contribution in [0.25, 0.3) is 5.69 Å². The Hall–Kier alpha value is -3.12. The van der Waals surface area contributed by atoms with Crippen LogP contribution < -0.4 is 10.2 Å². The van der Waals surface area contributed by atoms with Gasteiger partial charge in [-0.15, -0.1) is 0 Å². The summed E-state index contributed by atoms with van der Waals surface area (Å²) >= 11 is 0. The van der Waals surface area contributed by atoms with Crippen LogP contribution >= 0.6 is 0 Å². The molecule has 1 aromatic heterocycles. The van der Waals surface area contributed by atoms with Gasteiger partial charge in [0.2, 0.25) is 11.9 Å². The van der Waals surface area contributed by atoms with Gasteiger partial charge in [-0.1, -0.05) is 29.8 Å². The number of amides is 1. The molecule has 6 nitrogen and oxygen atoms in total. The van der Waals surface area contributed by atoms with E-state index < -0.39 is 0 Å². The topological polar surface area (TPSA) is 53.4 Å². The second-order valence-corrected chi connectivity index (χ2v) is 8.06. The zero-order valence-corrected chi connectivity index (χ0v) is 17.9. The molecule has 0 spiro atoms. The van der Waals surface area contributed by atoms with Crippen molar-refractivity contribution in [3.63, 3.8) is 0 Å². The lowest BCUT2D eigenvalue weighted by Crippen LogP contribution is -2.49. The SMILES string of the molecule is Cc1ccc(-n2ccnc2N2CCN(CC(=O)Nc3cc(C)ccc3C)CC2)cc1. The molecule has 156 valence electrons. The first-order valence-corrected chi connectivity index (χ1v) is 10.4. The summed E-state index contributed by atoms with van der Waals surface area (Å²) in [6.45, 7) is 9.92. The van der Waals surface area contributed by atoms with Gasteiger partial charge in [0.25, 0.3) is 0 Å². The van der Waals surface area contributed by atoms with Crippen molar-refractivity contribution < 1.29 is 4.79 Å². The van der Waals surface area contributed by atoms with Gasteiger partial charge in [-0.2, -0.15) is 0 Å². The molecular formula is C24H29N5O. The highest BCUT2D eigenvalue weighted by Gasteiger charge is 2.22. The van der Waals surface area contributed by atoms with Crippen molar-refractivity contribution in [2.24, 2.45) is 0 Å². The molecule has 1 saturated heterocycles. The van der Waals surface area contributed by atoms with Crippen LogP contribution in [0.4, 0.5) is 11.6 Å². The average Bonchev–Trinajstić information content (AvgIpc) is 3.22. The van der Waals surface area contributed by atoms with Crippen molar-refractivity contribution >= 4 is 17.5 Å². The third kappa shape index (κ3) is 4.54. The molecule has 0 unspecified atom stereocenters. The Kier molecular flexibility index (Phi) is 5.86. The third-order valence-corrected chi connectivity index (χ3v) is 5.62. The second kappa shape index (κ2) is 8.71. The van der Waals surface area contributed by atoms with E-state index in [1.165, 1.54) is 5.56 Å². The summed E-state index contributed by atoms with van der Waals surface area (Å²) in [7, 11) is 0. The number of carbonyl (C=O) groups is 1. The molecule has 0 bridgehead atoms. The lowest BCUT2D eigenvalue weighted by molar-refractivity contribution is -0.117. The number of aryl methyl sites for hydroxylation is 3. The molecule has 2 heterocycles. The van der Waals surface area contributed by atoms with Crippen LogP contribution in [0.1, 0.15) is 16.7 Å². The Morgan fingerprint density at radius 1 is 0.967 bits per heavy atom. The van der Waals surface area contributed by atoms with Gasteiger partial charge in [0.05, 0.1) is 6.54 Å². The maximum absolute atomic E-state index is 12.5. The summed E-state index contributed by atoms with van der Waals surface area (Å²) in [5.74, 6) is 0.997. The van der Waals surface area contributed by atoms with E-state index >= 15 is 0 Å². The van der Waals surface area contributed by atoms with Gasteiger partial charge < -0.3 is 10.2 Å². The number of hydrogen-bond acceptors (Lipinski definition) is 4. The first-order chi connectivity index (χ1) is 14.5. The summed E-state index contributed by atoms with van der Waals surface area (Å²) in [5.41, 5.74) is 5.49. The van der Waals surface area contributed by atoms with Crippen LogP contribution in [-0.2, 0) is 4.79 Å². The fraction of sp³-hybridized carbons (Fsp3) is 0.333. The van der Waals surface area contributed by atoms with E-state index in [9.17, 15) is 4.79 Å². The fourth-order valence-electron chi connectivity index (χ4n) is 3.81. The molecule has 3 aromatic rings. The van der Waals surface area contributed by atoms with Crippen molar-refractivity contribution in [1.82, 2.24) is 14.5 Å². The first-order valence-electron chi connectivity index (χ1n) is 10.4. The zero-order chi connectivity index (χ0) is 21.1. The molecule has 30 heavy (non-hydrogen) atoms. The molecule has 0 atom stereocenters. The van der Waals surface area contributed by atoms with Crippen LogP contribution in [-0.4, -0.2) is 53.1 Å². The Morgan fingerprint density at radius 2 is 1.67 bits per heavy atom. The van der Waals surface area contributed by atoms with Gasteiger partial charge >= 0.3 is 0 Å². The van der Waals surface area contributed by atoms with Gasteiger partial charge in [0, 0.05) is 49.9 Å². The summed E-state index contributed by atoms with van der Waals surface area (Å²) in [6.07, 6.45) is 3.85. The molecular weight excluding hydrogens is 374 g/mol. The molecule has 1 fully saturated rings. The van der Waals surface area contributed by atoms with Gasteiger partial charge in [-0.3, -0.25) is 14.3 Å². The van der Waals surface area contributed by atoms with Gasteiger partial charge in [-0.25, -0.2) is 4.98 Å². The summed E-state index contributed by atoms with van der Waals surface area (Å²) in [6, 6.07) is 14.6. The minimum Gasteiger partial charge on any atom is -0.339 e. The Bertz CT molecular complexity index is 1020. The highest BCUT2D eigenvalue weighted by Crippen LogP contribution is 2.20. The molecule has 1 N–H and O–H groups in total. The van der Waals surface area contributed by atoms with Crippen LogP contribution in [0.15, 0.2) is 54.9 Å². The summed E-state index contributed by atoms with van der Waals surface area (Å²) in [4.78, 5) is 21.6. The molecule has 1 amide bonds. The standard InChI is InChI=1S/C24H29N5O/c1-18-5-8-21(9-6-18)29-11-10-25-24(29)28-14-12-27(13-15-28)17-23(30)26-22-16-19(2)4-7-20(22)3/h4-11,16H,12-15,17H2,1-3H3,(H,26,30). The van der Waals surface area contributed by atoms with E-state index in [4.69, 9.17) is 0 Å². The Morgan fingerprint density at radius 3 is 2.40 bits per heavy atom. The van der Waals surface area contributed by atoms with Crippen molar-refractivity contribution in [2.45, 2.75) is 20.8 Å². The number of nitrogens with zero attached hydrogens (tertiary/aromatic N) is 4. The van der Waals surface area contributed by atoms with E-state index in [0.29, 0.717) is 6.54 Å². The van der Waals surface area contributed by atoms with Crippen molar-refractivity contribution in [3.8, 4) is 5.69 Å². The molecule has 0 saturated carbocycles. The maximum atomic E-state index is 12.5. The normalized spacial score (nSPS) is 14.7. The minimum absolute atomic E-state index is 0.0401. The number of carbonyl (C=O) groups excluding carboxylic acids is 1. The number of rotatable bonds is 5. The monoisotopic (exact) mass is 403 g/mol. The fourth-order valence-corrected chi connectivity index (χ4v) is 3.81. The van der Waals surface area contributed by atoms with Gasteiger partial charge in [0.1, 0.15) is 0 Å². The number of aromatic nitrogens is 2. The Balaban J connectivity index is 1.34. The van der Waals surface area contributed by atoms with E-state index in [1.807, 2.05) is 38.4 Å². The number of anilines is 2. The Labute approximate surface area is 178 Å². The largest absolute Gasteiger partial charge is 0.339 e. The van der Waals surface area contributed by atoms with Crippen molar-refractivity contribution in [1.29, 1.82) is 0 Å². The molecule has 1 aliphatic heterocycles. The molecule has 0 aliphatic carbocycles. The van der Waals surface area contributed by atoms with Crippen molar-refractivity contribution in [2.75, 3.05) is 42.9 Å². The first kappa shape index (κ1) is 20.2. The lowest BCUT2D eigenvalue weighted by atomic mass is 10.1. The highest BCUT2D eigenvalue weighted by molar-refractivity contribution is 5.93. The van der Waals surface area contributed by atoms with E-state index in [1.54, 1.807) is 0 Å². The van der Waals surface area contributed by atoms with E-state index in [-0.39, 0.29) is 5.91 Å². The predicted molar refractivity (Wildman–Crippen MR) is 121 cm³/mol. The van der Waals surface area contributed by atoms with Gasteiger partial charge in [0.15, 0.2) is 0 Å². The van der Waals surface area contributed by atoms with E-state index in [0.717, 1.165) is 54.6 Å². The minimum atomic E-state index is 0.0401. The van der Waals surface area contributed by atoms with Crippen molar-refractivity contribution in [3.05, 3.63) is 71.5 Å². The second-order valence-electron chi connectivity index (χ2n) is 8.06. The lowest BCUT2D eigenvalue weighted by Gasteiger charge is -2.35. The van der Waals surface area contributed by atoms with Crippen LogP contribution in [0.3, 0.4) is 0 Å². The van der Waals surface area contributed by atoms with E-state index in [2.05, 4.69) is 61.9 Å². The predicted octanol–water partition coefficient (Wildman–Crippen LogP) is 3.56. The van der Waals surface area contributed by atoms with Gasteiger partial charge in [-0.05, 0) is 50.1 Å². The number of nitrogens with one attached hydrogen (secondary N) is 1. The number of benzene rings is 2. The average molecular weight is 404 g/mol. The van der Waals surface area contributed by atoms with Crippen LogP contribution in [0.2, 0.25) is 0 Å². The molecule has 6 heteroatoms.